The van der Waals surface area contributed by atoms with E-state index < -0.39 is 0 Å². The summed E-state index contributed by atoms with van der Waals surface area (Å²) in [6, 6.07) is 5.90. The molecule has 0 aliphatic carbocycles. The van der Waals surface area contributed by atoms with Crippen LogP contribution in [0.15, 0.2) is 18.2 Å². The largest absolute Gasteiger partial charge is 0.385 e. The van der Waals surface area contributed by atoms with Crippen LogP contribution in [0.2, 0.25) is 0 Å². The van der Waals surface area contributed by atoms with E-state index in [-0.39, 0.29) is 6.03 Å². The molecule has 1 aliphatic rings. The molecule has 4 heteroatoms. The van der Waals surface area contributed by atoms with Crippen LogP contribution in [0.1, 0.15) is 25.3 Å². The van der Waals surface area contributed by atoms with Gasteiger partial charge in [-0.2, -0.15) is 0 Å². The molecule has 0 spiro atoms. The molecule has 0 saturated carbocycles. The molecule has 0 saturated heterocycles. The van der Waals surface area contributed by atoms with Crippen LogP contribution in [0.4, 0.5) is 16.2 Å². The Morgan fingerprint density at radius 2 is 2.35 bits per heavy atom. The molecule has 1 aromatic carbocycles. The van der Waals surface area contributed by atoms with Crippen molar-refractivity contribution >= 4 is 17.4 Å². The molecular weight excluding hydrogens is 214 g/mol. The van der Waals surface area contributed by atoms with E-state index in [9.17, 15) is 4.79 Å². The van der Waals surface area contributed by atoms with Gasteiger partial charge in [-0.3, -0.25) is 0 Å². The molecule has 0 unspecified atom stereocenters. The number of carbonyl (C=O) groups excluding carboxylic acids is 1. The summed E-state index contributed by atoms with van der Waals surface area (Å²) in [6.07, 6.45) is 3.24. The molecule has 3 N–H and O–H groups in total. The van der Waals surface area contributed by atoms with E-state index in [4.69, 9.17) is 0 Å². The minimum atomic E-state index is -0.136. The number of hydrogen-bond donors (Lipinski definition) is 3. The number of fused-ring (bicyclic) bond motifs is 1. The number of benzene rings is 1. The Morgan fingerprint density at radius 1 is 1.47 bits per heavy atom. The molecule has 1 heterocycles. The van der Waals surface area contributed by atoms with Crippen molar-refractivity contribution in [3.8, 4) is 0 Å². The van der Waals surface area contributed by atoms with E-state index >= 15 is 0 Å². The van der Waals surface area contributed by atoms with Gasteiger partial charge in [0.2, 0.25) is 0 Å². The number of amides is 2. The summed E-state index contributed by atoms with van der Waals surface area (Å²) in [4.78, 5) is 11.5. The first-order chi connectivity index (χ1) is 8.29. The third-order valence-corrected chi connectivity index (χ3v) is 2.84. The molecule has 0 fully saturated rings. The average molecular weight is 233 g/mol. The molecule has 2 rings (SSSR count). The van der Waals surface area contributed by atoms with Crippen molar-refractivity contribution in [3.63, 3.8) is 0 Å². The zero-order chi connectivity index (χ0) is 12.1. The molecule has 0 bridgehead atoms. The Bertz CT molecular complexity index is 404. The van der Waals surface area contributed by atoms with Crippen molar-refractivity contribution in [1.82, 2.24) is 5.32 Å². The van der Waals surface area contributed by atoms with Gasteiger partial charge < -0.3 is 16.0 Å². The Hall–Kier alpha value is -1.71. The van der Waals surface area contributed by atoms with Crippen molar-refractivity contribution in [2.75, 3.05) is 23.7 Å². The molecule has 0 atom stereocenters. The maximum atomic E-state index is 11.5. The zero-order valence-corrected chi connectivity index (χ0v) is 10.2. The lowest BCUT2D eigenvalue weighted by atomic mass is 10.0. The number of hydrogen-bond acceptors (Lipinski definition) is 2. The summed E-state index contributed by atoms with van der Waals surface area (Å²) in [5.41, 5.74) is 3.31. The van der Waals surface area contributed by atoms with Gasteiger partial charge in [-0.05, 0) is 37.0 Å². The van der Waals surface area contributed by atoms with Crippen LogP contribution in [0.5, 0.6) is 0 Å². The van der Waals surface area contributed by atoms with Gasteiger partial charge in [0.05, 0.1) is 0 Å². The van der Waals surface area contributed by atoms with E-state index in [1.807, 2.05) is 19.1 Å². The summed E-state index contributed by atoms with van der Waals surface area (Å²) < 4.78 is 0. The fraction of sp³-hybridized carbons (Fsp3) is 0.462. The maximum absolute atomic E-state index is 11.5. The molecule has 2 amide bonds. The minimum absolute atomic E-state index is 0.136. The Balaban J connectivity index is 1.99. The average Bonchev–Trinajstić information content (AvgIpc) is 2.36. The van der Waals surface area contributed by atoms with Crippen LogP contribution in [0, 0.1) is 0 Å². The first kappa shape index (κ1) is 11.8. The molecule has 92 valence electrons. The highest BCUT2D eigenvalue weighted by atomic mass is 16.2. The zero-order valence-electron chi connectivity index (χ0n) is 10.2. The fourth-order valence-corrected chi connectivity index (χ4v) is 1.95. The van der Waals surface area contributed by atoms with Gasteiger partial charge in [0, 0.05) is 24.5 Å². The number of nitrogens with one attached hydrogen (secondary N) is 3. The second kappa shape index (κ2) is 5.57. The molecule has 4 nitrogen and oxygen atoms in total. The first-order valence-electron chi connectivity index (χ1n) is 6.21. The van der Waals surface area contributed by atoms with E-state index in [0.29, 0.717) is 6.54 Å². The molecule has 17 heavy (non-hydrogen) atoms. The summed E-state index contributed by atoms with van der Waals surface area (Å²) in [5, 5.41) is 8.97. The van der Waals surface area contributed by atoms with E-state index in [1.165, 1.54) is 12.0 Å². The fourth-order valence-electron chi connectivity index (χ4n) is 1.95. The van der Waals surface area contributed by atoms with Gasteiger partial charge in [-0.25, -0.2) is 4.79 Å². The Morgan fingerprint density at radius 3 is 3.18 bits per heavy atom. The van der Waals surface area contributed by atoms with Gasteiger partial charge >= 0.3 is 6.03 Å². The number of carbonyl (C=O) groups is 1. The van der Waals surface area contributed by atoms with Gasteiger partial charge in [-0.1, -0.05) is 13.0 Å². The van der Waals surface area contributed by atoms with Gasteiger partial charge in [0.15, 0.2) is 0 Å². The quantitative estimate of drug-likeness (QED) is 0.751. The molecule has 1 aliphatic heterocycles. The van der Waals surface area contributed by atoms with Crippen LogP contribution in [0.3, 0.4) is 0 Å². The highest BCUT2D eigenvalue weighted by Gasteiger charge is 2.09. The highest BCUT2D eigenvalue weighted by molar-refractivity contribution is 5.90. The summed E-state index contributed by atoms with van der Waals surface area (Å²) in [6.45, 7) is 3.75. The van der Waals surface area contributed by atoms with E-state index in [1.54, 1.807) is 0 Å². The van der Waals surface area contributed by atoms with Gasteiger partial charge in [0.1, 0.15) is 0 Å². The lowest BCUT2D eigenvalue weighted by Crippen LogP contribution is -2.29. The van der Waals surface area contributed by atoms with Crippen LogP contribution >= 0.6 is 0 Å². The van der Waals surface area contributed by atoms with Crippen LogP contribution < -0.4 is 16.0 Å². The normalized spacial score (nSPS) is 13.5. The third kappa shape index (κ3) is 3.12. The summed E-state index contributed by atoms with van der Waals surface area (Å²) in [5.74, 6) is 0. The predicted octanol–water partition coefficient (Wildman–Crippen LogP) is 2.58. The second-order valence-electron chi connectivity index (χ2n) is 4.28. The number of aryl methyl sites for hydroxylation is 1. The first-order valence-corrected chi connectivity index (χ1v) is 6.21. The maximum Gasteiger partial charge on any atom is 0.319 e. The van der Waals surface area contributed by atoms with Crippen molar-refractivity contribution in [2.45, 2.75) is 26.2 Å². The molecule has 0 aromatic heterocycles. The summed E-state index contributed by atoms with van der Waals surface area (Å²) in [7, 11) is 0. The van der Waals surface area contributed by atoms with Crippen molar-refractivity contribution in [2.24, 2.45) is 0 Å². The molecule has 0 radical (unpaired) electrons. The highest BCUT2D eigenvalue weighted by Crippen LogP contribution is 2.25. The minimum Gasteiger partial charge on any atom is -0.385 e. The van der Waals surface area contributed by atoms with Crippen LogP contribution in [-0.2, 0) is 6.42 Å². The SMILES string of the molecule is CCCNC(=O)Nc1ccc2c(c1)NCCC2. The summed E-state index contributed by atoms with van der Waals surface area (Å²) >= 11 is 0. The topological polar surface area (TPSA) is 53.2 Å². The van der Waals surface area contributed by atoms with E-state index in [2.05, 4.69) is 22.0 Å². The third-order valence-electron chi connectivity index (χ3n) is 2.84. The number of anilines is 2. The Kier molecular flexibility index (Phi) is 3.85. The van der Waals surface area contributed by atoms with Crippen LogP contribution in [0.25, 0.3) is 0 Å². The number of urea groups is 1. The molecule has 1 aromatic rings. The number of rotatable bonds is 3. The lowest BCUT2D eigenvalue weighted by molar-refractivity contribution is 0.252. The van der Waals surface area contributed by atoms with Crippen LogP contribution in [-0.4, -0.2) is 19.1 Å². The predicted molar refractivity (Wildman–Crippen MR) is 70.6 cm³/mol. The van der Waals surface area contributed by atoms with Gasteiger partial charge in [0.25, 0.3) is 0 Å². The van der Waals surface area contributed by atoms with Crippen molar-refractivity contribution < 1.29 is 4.79 Å². The second-order valence-corrected chi connectivity index (χ2v) is 4.28. The monoisotopic (exact) mass is 233 g/mol. The smallest absolute Gasteiger partial charge is 0.319 e. The van der Waals surface area contributed by atoms with Gasteiger partial charge in [-0.15, -0.1) is 0 Å². The van der Waals surface area contributed by atoms with Crippen molar-refractivity contribution in [1.29, 1.82) is 0 Å². The standard InChI is InChI=1S/C13H19N3O/c1-2-7-15-13(17)16-11-6-5-10-4-3-8-14-12(10)9-11/h5-6,9,14H,2-4,7-8H2,1H3,(H2,15,16,17). The Labute approximate surface area is 102 Å². The van der Waals surface area contributed by atoms with E-state index in [0.717, 1.165) is 30.8 Å². The molecular formula is C13H19N3O. The van der Waals surface area contributed by atoms with Crippen molar-refractivity contribution in [3.05, 3.63) is 23.8 Å². The lowest BCUT2D eigenvalue weighted by Gasteiger charge is -2.18.